The number of benzene rings is 1. The van der Waals surface area contributed by atoms with E-state index in [0.29, 0.717) is 17.1 Å². The zero-order valence-electron chi connectivity index (χ0n) is 20.6. The maximum Gasteiger partial charge on any atom is 0.262 e. The number of aliphatic imine (C=N–C) groups is 1. The molecule has 2 aliphatic heterocycles. The molecule has 1 atom stereocenters. The van der Waals surface area contributed by atoms with Crippen LogP contribution in [0, 0.1) is 6.92 Å². The van der Waals surface area contributed by atoms with Gasteiger partial charge in [0.1, 0.15) is 11.1 Å². The molecule has 0 bridgehead atoms. The number of nitrogens with one attached hydrogen (secondary N) is 2. The first kappa shape index (κ1) is 25.0. The molecule has 2 aliphatic rings. The molecule has 0 radical (unpaired) electrons. The zero-order valence-corrected chi connectivity index (χ0v) is 21.4. The van der Waals surface area contributed by atoms with Crippen molar-refractivity contribution in [1.29, 1.82) is 0 Å². The third kappa shape index (κ3) is 6.11. The molecule has 1 aromatic heterocycles. The molecule has 9 nitrogen and oxygen atoms in total. The highest BCUT2D eigenvalue weighted by atomic mass is 32.2. The third-order valence-electron chi connectivity index (χ3n) is 5.87. The van der Waals surface area contributed by atoms with E-state index >= 15 is 0 Å². The molecule has 1 unspecified atom stereocenters. The molecule has 10 heteroatoms. The molecule has 0 spiro atoms. The number of amides is 3. The molecular formula is C25H32N6O3S. The van der Waals surface area contributed by atoms with E-state index in [1.165, 1.54) is 18.2 Å². The van der Waals surface area contributed by atoms with Crippen LogP contribution >= 0.6 is 11.8 Å². The Bertz CT molecular complexity index is 1140. The fourth-order valence-electron chi connectivity index (χ4n) is 4.10. The Morgan fingerprint density at radius 3 is 2.43 bits per heavy atom. The summed E-state index contributed by atoms with van der Waals surface area (Å²) < 4.78 is 1.79. The largest absolute Gasteiger partial charge is 0.351 e. The van der Waals surface area contributed by atoms with E-state index in [2.05, 4.69) is 25.6 Å². The van der Waals surface area contributed by atoms with E-state index in [1.54, 1.807) is 28.9 Å². The number of anilines is 2. The Morgan fingerprint density at radius 1 is 1.09 bits per heavy atom. The SMILES string of the molecule is Cc1cc(NC(=O)c2ccc(NC(=O)CC3SC(N4CCCCC4)=NC3=O)cc2)n(C(C)(C)C)n1. The van der Waals surface area contributed by atoms with Crippen LogP contribution in [0.15, 0.2) is 35.3 Å². The second-order valence-electron chi connectivity index (χ2n) is 9.92. The summed E-state index contributed by atoms with van der Waals surface area (Å²) in [5.41, 5.74) is 1.57. The van der Waals surface area contributed by atoms with E-state index in [9.17, 15) is 14.4 Å². The lowest BCUT2D eigenvalue weighted by Gasteiger charge is -2.27. The summed E-state index contributed by atoms with van der Waals surface area (Å²) in [6.07, 6.45) is 3.47. The van der Waals surface area contributed by atoms with Gasteiger partial charge in [-0.3, -0.25) is 14.4 Å². The molecular weight excluding hydrogens is 464 g/mol. The molecule has 4 rings (SSSR count). The van der Waals surface area contributed by atoms with Gasteiger partial charge in [0.25, 0.3) is 11.8 Å². The number of rotatable bonds is 5. The van der Waals surface area contributed by atoms with Crippen LogP contribution in [0.3, 0.4) is 0 Å². The van der Waals surface area contributed by atoms with Gasteiger partial charge in [0.05, 0.1) is 11.2 Å². The number of hydrogen-bond acceptors (Lipinski definition) is 6. The lowest BCUT2D eigenvalue weighted by atomic mass is 10.1. The van der Waals surface area contributed by atoms with Gasteiger partial charge < -0.3 is 15.5 Å². The van der Waals surface area contributed by atoms with E-state index in [4.69, 9.17) is 0 Å². The number of carbonyl (C=O) groups is 3. The minimum atomic E-state index is -0.492. The van der Waals surface area contributed by atoms with E-state index in [1.807, 2.05) is 33.8 Å². The summed E-state index contributed by atoms with van der Waals surface area (Å²) in [5.74, 6) is -0.138. The van der Waals surface area contributed by atoms with Gasteiger partial charge in [-0.15, -0.1) is 0 Å². The number of nitrogens with zero attached hydrogens (tertiary/aromatic N) is 4. The highest BCUT2D eigenvalue weighted by Crippen LogP contribution is 2.29. The van der Waals surface area contributed by atoms with Gasteiger partial charge in [0.2, 0.25) is 5.91 Å². The quantitative estimate of drug-likeness (QED) is 0.647. The molecule has 2 aromatic rings. The van der Waals surface area contributed by atoms with Crippen LogP contribution in [0.25, 0.3) is 0 Å². The minimum Gasteiger partial charge on any atom is -0.351 e. The van der Waals surface area contributed by atoms with Crippen molar-refractivity contribution in [2.45, 2.75) is 64.2 Å². The number of likely N-dealkylation sites (tertiary alicyclic amines) is 1. The summed E-state index contributed by atoms with van der Waals surface area (Å²) >= 11 is 1.38. The van der Waals surface area contributed by atoms with Crippen LogP contribution < -0.4 is 10.6 Å². The number of aryl methyl sites for hydroxylation is 1. The maximum absolute atomic E-state index is 12.8. The van der Waals surface area contributed by atoms with Crippen LogP contribution in [0.2, 0.25) is 0 Å². The Labute approximate surface area is 209 Å². The zero-order chi connectivity index (χ0) is 25.2. The maximum atomic E-state index is 12.8. The molecule has 186 valence electrons. The number of hydrogen-bond donors (Lipinski definition) is 2. The van der Waals surface area contributed by atoms with E-state index in [0.717, 1.165) is 36.8 Å². The number of amidine groups is 1. The van der Waals surface area contributed by atoms with Gasteiger partial charge in [-0.2, -0.15) is 10.1 Å². The third-order valence-corrected chi connectivity index (χ3v) is 7.08. The highest BCUT2D eigenvalue weighted by Gasteiger charge is 2.33. The van der Waals surface area contributed by atoms with Crippen molar-refractivity contribution >= 4 is 46.2 Å². The Morgan fingerprint density at radius 2 is 1.77 bits per heavy atom. The van der Waals surface area contributed by atoms with Gasteiger partial charge in [0.15, 0.2) is 5.17 Å². The number of thioether (sulfide) groups is 1. The molecule has 1 saturated heterocycles. The number of piperidine rings is 1. The lowest BCUT2D eigenvalue weighted by Crippen LogP contribution is -2.33. The van der Waals surface area contributed by atoms with Gasteiger partial charge in [0, 0.05) is 36.8 Å². The molecule has 0 aliphatic carbocycles. The van der Waals surface area contributed by atoms with Crippen molar-refractivity contribution in [1.82, 2.24) is 14.7 Å². The number of carbonyl (C=O) groups excluding carboxylic acids is 3. The standard InChI is InChI=1S/C25H32N6O3S/c1-16-14-20(31(29-16)25(2,3)4)27-22(33)17-8-10-18(11-9-17)26-21(32)15-19-23(34)28-24(35-19)30-12-6-5-7-13-30/h8-11,14,19H,5-7,12-13,15H2,1-4H3,(H,26,32)(H,27,33). The van der Waals surface area contributed by atoms with Crippen LogP contribution in [0.1, 0.15) is 62.5 Å². The van der Waals surface area contributed by atoms with Crippen LogP contribution in [0.5, 0.6) is 0 Å². The minimum absolute atomic E-state index is 0.0583. The van der Waals surface area contributed by atoms with Crippen LogP contribution in [-0.2, 0) is 15.1 Å². The predicted molar refractivity (Wildman–Crippen MR) is 139 cm³/mol. The molecule has 2 N–H and O–H groups in total. The Balaban J connectivity index is 1.31. The predicted octanol–water partition coefficient (Wildman–Crippen LogP) is 4.01. The first-order valence-electron chi connectivity index (χ1n) is 11.9. The molecule has 1 aromatic carbocycles. The fourth-order valence-corrected chi connectivity index (χ4v) is 5.22. The fraction of sp³-hybridized carbons (Fsp3) is 0.480. The topological polar surface area (TPSA) is 109 Å². The molecule has 35 heavy (non-hydrogen) atoms. The van der Waals surface area contributed by atoms with Crippen LogP contribution in [-0.4, -0.2) is 55.9 Å². The second kappa shape index (κ2) is 10.2. The Hall–Kier alpha value is -3.14. The average molecular weight is 497 g/mol. The summed E-state index contributed by atoms with van der Waals surface area (Å²) in [5, 5.41) is 10.5. The van der Waals surface area contributed by atoms with Gasteiger partial charge in [-0.25, -0.2) is 4.68 Å². The van der Waals surface area contributed by atoms with Gasteiger partial charge in [-0.1, -0.05) is 11.8 Å². The summed E-state index contributed by atoms with van der Waals surface area (Å²) in [6.45, 7) is 9.76. The number of aromatic nitrogens is 2. The van der Waals surface area contributed by atoms with Gasteiger partial charge in [-0.05, 0) is 71.2 Å². The van der Waals surface area contributed by atoms with Crippen molar-refractivity contribution in [3.63, 3.8) is 0 Å². The Kier molecular flexibility index (Phi) is 7.30. The van der Waals surface area contributed by atoms with Crippen molar-refractivity contribution < 1.29 is 14.4 Å². The van der Waals surface area contributed by atoms with E-state index in [-0.39, 0.29) is 29.7 Å². The second-order valence-corrected chi connectivity index (χ2v) is 11.1. The van der Waals surface area contributed by atoms with Crippen molar-refractivity contribution in [3.05, 3.63) is 41.6 Å². The smallest absolute Gasteiger partial charge is 0.262 e. The van der Waals surface area contributed by atoms with Crippen molar-refractivity contribution in [2.75, 3.05) is 23.7 Å². The molecule has 3 heterocycles. The highest BCUT2D eigenvalue weighted by molar-refractivity contribution is 8.15. The lowest BCUT2D eigenvalue weighted by molar-refractivity contribution is -0.121. The first-order valence-corrected chi connectivity index (χ1v) is 12.8. The molecule has 3 amide bonds. The van der Waals surface area contributed by atoms with Crippen LogP contribution in [0.4, 0.5) is 11.5 Å². The summed E-state index contributed by atoms with van der Waals surface area (Å²) in [4.78, 5) is 44.0. The summed E-state index contributed by atoms with van der Waals surface area (Å²) in [7, 11) is 0. The van der Waals surface area contributed by atoms with Crippen molar-refractivity contribution in [3.8, 4) is 0 Å². The molecule has 0 saturated carbocycles. The van der Waals surface area contributed by atoms with E-state index < -0.39 is 5.25 Å². The van der Waals surface area contributed by atoms with Crippen molar-refractivity contribution in [2.24, 2.45) is 4.99 Å². The first-order chi connectivity index (χ1) is 16.6. The average Bonchev–Trinajstić information content (AvgIpc) is 3.36. The normalized spacial score (nSPS) is 18.4. The monoisotopic (exact) mass is 496 g/mol. The van der Waals surface area contributed by atoms with Gasteiger partial charge >= 0.3 is 0 Å². The summed E-state index contributed by atoms with van der Waals surface area (Å²) in [6, 6.07) is 8.50. The molecule has 1 fully saturated rings.